The Labute approximate surface area is 148 Å². The quantitative estimate of drug-likeness (QED) is 0.850. The molecule has 1 fully saturated rings. The number of aromatic nitrogens is 2. The van der Waals surface area contributed by atoms with Gasteiger partial charge in [0.05, 0.1) is 6.61 Å². The van der Waals surface area contributed by atoms with Crippen LogP contribution in [0.5, 0.6) is 0 Å². The van der Waals surface area contributed by atoms with Crippen molar-refractivity contribution in [2.75, 3.05) is 33.8 Å². The van der Waals surface area contributed by atoms with Crippen LogP contribution >= 0.6 is 0 Å². The van der Waals surface area contributed by atoms with Crippen LogP contribution in [0.4, 0.5) is 0 Å². The molecule has 6 nitrogen and oxygen atoms in total. The molecule has 1 aliphatic heterocycles. The lowest BCUT2D eigenvalue weighted by Gasteiger charge is -2.40. The smallest absolute Gasteiger partial charge is 0.255 e. The first kappa shape index (κ1) is 17.5. The number of amides is 1. The molecule has 2 aromatic rings. The Morgan fingerprint density at radius 1 is 1.24 bits per heavy atom. The van der Waals surface area contributed by atoms with Crippen LogP contribution in [0.15, 0.2) is 42.7 Å². The third-order valence-electron chi connectivity index (χ3n) is 4.36. The van der Waals surface area contributed by atoms with E-state index < -0.39 is 5.60 Å². The Kier molecular flexibility index (Phi) is 5.11. The fourth-order valence-corrected chi connectivity index (χ4v) is 3.12. The summed E-state index contributed by atoms with van der Waals surface area (Å²) in [6.45, 7) is 4.45. The molecule has 0 radical (unpaired) electrons. The Balaban J connectivity index is 1.67. The number of benzene rings is 1. The Morgan fingerprint density at radius 3 is 2.56 bits per heavy atom. The monoisotopic (exact) mass is 340 g/mol. The van der Waals surface area contributed by atoms with Gasteiger partial charge < -0.3 is 9.64 Å². The van der Waals surface area contributed by atoms with Crippen LogP contribution in [-0.2, 0) is 16.1 Å². The average molecular weight is 340 g/mol. The average Bonchev–Trinajstić information content (AvgIpc) is 2.62. The number of rotatable bonds is 4. The van der Waals surface area contributed by atoms with Crippen molar-refractivity contribution in [1.82, 2.24) is 19.8 Å². The fourth-order valence-electron chi connectivity index (χ4n) is 3.12. The van der Waals surface area contributed by atoms with Crippen LogP contribution in [0.2, 0.25) is 0 Å². The molecule has 0 spiro atoms. The molecule has 1 atom stereocenters. The van der Waals surface area contributed by atoms with E-state index in [1.165, 1.54) is 0 Å². The lowest BCUT2D eigenvalue weighted by molar-refractivity contribution is -0.165. The lowest BCUT2D eigenvalue weighted by Crippen LogP contribution is -2.57. The van der Waals surface area contributed by atoms with Crippen LogP contribution in [0, 0.1) is 0 Å². The molecular formula is C19H24N4O2. The van der Waals surface area contributed by atoms with E-state index in [-0.39, 0.29) is 5.91 Å². The zero-order chi connectivity index (χ0) is 17.9. The van der Waals surface area contributed by atoms with Crippen molar-refractivity contribution in [3.05, 3.63) is 48.3 Å². The minimum absolute atomic E-state index is 0.00660. The van der Waals surface area contributed by atoms with Gasteiger partial charge in [0.1, 0.15) is 0 Å². The van der Waals surface area contributed by atoms with Gasteiger partial charge in [-0.15, -0.1) is 0 Å². The molecular weight excluding hydrogens is 316 g/mol. The molecule has 1 amide bonds. The first-order chi connectivity index (χ1) is 12.0. The Morgan fingerprint density at radius 2 is 1.92 bits per heavy atom. The standard InChI is InChI=1S/C19H24N4O2/c1-19(18(24)22(2)3)14-23(9-10-25-19)13-15-11-20-17(21-12-15)16-7-5-4-6-8-16/h4-8,11-12H,9-10,13-14H2,1-3H3/t19-/m0/s1. The maximum absolute atomic E-state index is 12.4. The summed E-state index contributed by atoms with van der Waals surface area (Å²) in [5.74, 6) is 0.715. The molecule has 1 saturated heterocycles. The van der Waals surface area contributed by atoms with Crippen LogP contribution in [0.25, 0.3) is 11.4 Å². The summed E-state index contributed by atoms with van der Waals surface area (Å²) in [6, 6.07) is 9.92. The molecule has 3 rings (SSSR count). The third kappa shape index (κ3) is 4.03. The predicted molar refractivity (Wildman–Crippen MR) is 95.8 cm³/mol. The van der Waals surface area contributed by atoms with Gasteiger partial charge in [0.15, 0.2) is 11.4 Å². The second-order valence-electron chi connectivity index (χ2n) is 6.77. The Bertz CT molecular complexity index is 718. The van der Waals surface area contributed by atoms with E-state index in [2.05, 4.69) is 14.9 Å². The van der Waals surface area contributed by atoms with Crippen LogP contribution < -0.4 is 0 Å². The molecule has 132 valence electrons. The van der Waals surface area contributed by atoms with E-state index in [0.717, 1.165) is 23.5 Å². The van der Waals surface area contributed by atoms with Crippen molar-refractivity contribution in [3.8, 4) is 11.4 Å². The van der Waals surface area contributed by atoms with Crippen molar-refractivity contribution in [2.45, 2.75) is 19.1 Å². The first-order valence-corrected chi connectivity index (χ1v) is 8.42. The highest BCUT2D eigenvalue weighted by atomic mass is 16.5. The molecule has 0 aliphatic carbocycles. The second kappa shape index (κ2) is 7.29. The van der Waals surface area contributed by atoms with Gasteiger partial charge in [-0.05, 0) is 6.92 Å². The summed E-state index contributed by atoms with van der Waals surface area (Å²) >= 11 is 0. The highest BCUT2D eigenvalue weighted by molar-refractivity contribution is 5.84. The minimum atomic E-state index is -0.799. The number of carbonyl (C=O) groups excluding carboxylic acids is 1. The molecule has 1 aromatic heterocycles. The number of likely N-dealkylation sites (N-methyl/N-ethyl adjacent to an activating group) is 1. The van der Waals surface area contributed by atoms with Gasteiger partial charge in [0.25, 0.3) is 5.91 Å². The minimum Gasteiger partial charge on any atom is -0.363 e. The molecule has 0 N–H and O–H groups in total. The molecule has 2 heterocycles. The molecule has 0 bridgehead atoms. The maximum atomic E-state index is 12.4. The third-order valence-corrected chi connectivity index (χ3v) is 4.36. The van der Waals surface area contributed by atoms with Gasteiger partial charge in [0, 0.05) is 57.3 Å². The summed E-state index contributed by atoms with van der Waals surface area (Å²) in [5.41, 5.74) is 1.23. The van der Waals surface area contributed by atoms with Crippen LogP contribution in [-0.4, -0.2) is 65.1 Å². The molecule has 25 heavy (non-hydrogen) atoms. The SMILES string of the molecule is CN(C)C(=O)[C@]1(C)CN(Cc2cnc(-c3ccccc3)nc2)CCO1. The van der Waals surface area contributed by atoms with Crippen molar-refractivity contribution in [2.24, 2.45) is 0 Å². The lowest BCUT2D eigenvalue weighted by atomic mass is 10.0. The summed E-state index contributed by atoms with van der Waals surface area (Å²) < 4.78 is 5.77. The van der Waals surface area contributed by atoms with Gasteiger partial charge >= 0.3 is 0 Å². The zero-order valence-corrected chi connectivity index (χ0v) is 15.0. The second-order valence-corrected chi connectivity index (χ2v) is 6.77. The number of ether oxygens (including phenoxy) is 1. The van der Waals surface area contributed by atoms with Crippen molar-refractivity contribution in [1.29, 1.82) is 0 Å². The molecule has 1 aromatic carbocycles. The first-order valence-electron chi connectivity index (χ1n) is 8.42. The Hall–Kier alpha value is -2.31. The van der Waals surface area contributed by atoms with E-state index in [0.29, 0.717) is 19.7 Å². The van der Waals surface area contributed by atoms with E-state index in [9.17, 15) is 4.79 Å². The summed E-state index contributed by atoms with van der Waals surface area (Å²) in [5, 5.41) is 0. The van der Waals surface area contributed by atoms with Crippen LogP contribution in [0.1, 0.15) is 12.5 Å². The molecule has 0 saturated carbocycles. The highest BCUT2D eigenvalue weighted by Gasteiger charge is 2.40. The highest BCUT2D eigenvalue weighted by Crippen LogP contribution is 2.21. The van der Waals surface area contributed by atoms with E-state index in [1.54, 1.807) is 19.0 Å². The molecule has 6 heteroatoms. The molecule has 0 unspecified atom stereocenters. The number of nitrogens with zero attached hydrogens (tertiary/aromatic N) is 4. The van der Waals surface area contributed by atoms with Gasteiger partial charge in [0.2, 0.25) is 0 Å². The van der Waals surface area contributed by atoms with Gasteiger partial charge in [-0.2, -0.15) is 0 Å². The fraction of sp³-hybridized carbons (Fsp3) is 0.421. The summed E-state index contributed by atoms with van der Waals surface area (Å²) in [4.78, 5) is 25.1. The summed E-state index contributed by atoms with van der Waals surface area (Å²) in [6.07, 6.45) is 3.71. The van der Waals surface area contributed by atoms with Crippen LogP contribution in [0.3, 0.4) is 0 Å². The van der Waals surface area contributed by atoms with Gasteiger partial charge in [-0.25, -0.2) is 9.97 Å². The van der Waals surface area contributed by atoms with Crippen molar-refractivity contribution in [3.63, 3.8) is 0 Å². The van der Waals surface area contributed by atoms with Gasteiger partial charge in [-0.1, -0.05) is 30.3 Å². The van der Waals surface area contributed by atoms with Gasteiger partial charge in [-0.3, -0.25) is 9.69 Å². The summed E-state index contributed by atoms with van der Waals surface area (Å²) in [7, 11) is 3.51. The van der Waals surface area contributed by atoms with Crippen molar-refractivity contribution < 1.29 is 9.53 Å². The molecule has 1 aliphatic rings. The number of carbonyl (C=O) groups is 1. The largest absolute Gasteiger partial charge is 0.363 e. The van der Waals surface area contributed by atoms with Crippen molar-refractivity contribution >= 4 is 5.91 Å². The number of morpholine rings is 1. The normalized spacial score (nSPS) is 21.1. The topological polar surface area (TPSA) is 58.6 Å². The number of hydrogen-bond acceptors (Lipinski definition) is 5. The van der Waals surface area contributed by atoms with E-state index in [1.807, 2.05) is 49.6 Å². The zero-order valence-electron chi connectivity index (χ0n) is 15.0. The van der Waals surface area contributed by atoms with E-state index in [4.69, 9.17) is 4.74 Å². The number of hydrogen-bond donors (Lipinski definition) is 0. The maximum Gasteiger partial charge on any atom is 0.255 e. The van der Waals surface area contributed by atoms with E-state index >= 15 is 0 Å². The predicted octanol–water partition coefficient (Wildman–Crippen LogP) is 1.82.